The summed E-state index contributed by atoms with van der Waals surface area (Å²) in [5.41, 5.74) is -0.444. The number of hydrogen-bond donors (Lipinski definition) is 1. The van der Waals surface area contributed by atoms with Crippen molar-refractivity contribution in [2.75, 3.05) is 19.7 Å². The standard InChI is InChI=1S/C18H23N3O4/c1-18(2)12-21(17(23)15-9-16(22)20(3)19-15)10-14(25-18)11-24-13-7-5-4-6-8-13/h4-9,14,19H,10-12H2,1-3H3/t14-/m1/s1. The van der Waals surface area contributed by atoms with Crippen LogP contribution in [0.25, 0.3) is 0 Å². The molecular formula is C18H23N3O4. The van der Waals surface area contributed by atoms with Gasteiger partial charge >= 0.3 is 0 Å². The smallest absolute Gasteiger partial charge is 0.272 e. The van der Waals surface area contributed by atoms with Gasteiger partial charge in [0.1, 0.15) is 24.2 Å². The van der Waals surface area contributed by atoms with Crippen molar-refractivity contribution in [2.45, 2.75) is 25.6 Å². The summed E-state index contributed by atoms with van der Waals surface area (Å²) in [6.45, 7) is 5.09. The third-order valence-electron chi connectivity index (χ3n) is 4.06. The molecule has 1 atom stereocenters. The minimum absolute atomic E-state index is 0.209. The summed E-state index contributed by atoms with van der Waals surface area (Å²) < 4.78 is 13.1. The lowest BCUT2D eigenvalue weighted by atomic mass is 10.0. The fourth-order valence-electron chi connectivity index (χ4n) is 3.01. The van der Waals surface area contributed by atoms with Gasteiger partial charge in [-0.2, -0.15) is 0 Å². The quantitative estimate of drug-likeness (QED) is 0.909. The molecule has 0 saturated carbocycles. The maximum atomic E-state index is 12.7. The summed E-state index contributed by atoms with van der Waals surface area (Å²) in [5, 5.41) is 2.78. The number of aromatic nitrogens is 2. The van der Waals surface area contributed by atoms with E-state index < -0.39 is 5.60 Å². The third-order valence-corrected chi connectivity index (χ3v) is 4.06. The Hall–Kier alpha value is -2.54. The van der Waals surface area contributed by atoms with Gasteiger partial charge in [0.05, 0.1) is 12.1 Å². The van der Waals surface area contributed by atoms with Crippen molar-refractivity contribution >= 4 is 5.91 Å². The van der Waals surface area contributed by atoms with Gasteiger partial charge in [-0.15, -0.1) is 0 Å². The van der Waals surface area contributed by atoms with Crippen molar-refractivity contribution in [1.82, 2.24) is 14.7 Å². The molecule has 1 aromatic heterocycles. The fraction of sp³-hybridized carbons (Fsp3) is 0.444. The molecule has 2 heterocycles. The first-order chi connectivity index (χ1) is 11.8. The van der Waals surface area contributed by atoms with E-state index in [0.717, 1.165) is 5.75 Å². The average Bonchev–Trinajstić information content (AvgIpc) is 2.91. The number of para-hydroxylation sites is 1. The average molecular weight is 345 g/mol. The number of carbonyl (C=O) groups is 1. The third kappa shape index (κ3) is 4.11. The van der Waals surface area contributed by atoms with Crippen LogP contribution in [0, 0.1) is 0 Å². The van der Waals surface area contributed by atoms with E-state index in [-0.39, 0.29) is 23.3 Å². The summed E-state index contributed by atoms with van der Waals surface area (Å²) in [4.78, 5) is 26.0. The van der Waals surface area contributed by atoms with Gasteiger partial charge in [-0.05, 0) is 26.0 Å². The Kier molecular flexibility index (Phi) is 4.67. The molecule has 0 unspecified atom stereocenters. The lowest BCUT2D eigenvalue weighted by Crippen LogP contribution is -2.56. The Bertz CT molecular complexity index is 794. The van der Waals surface area contributed by atoms with Crippen LogP contribution in [0.2, 0.25) is 0 Å². The normalized spacial score (nSPS) is 19.6. The van der Waals surface area contributed by atoms with E-state index in [1.165, 1.54) is 10.7 Å². The molecule has 1 aliphatic rings. The topological polar surface area (TPSA) is 76.6 Å². The minimum atomic E-state index is -0.492. The van der Waals surface area contributed by atoms with Crippen molar-refractivity contribution < 1.29 is 14.3 Å². The van der Waals surface area contributed by atoms with E-state index in [4.69, 9.17) is 9.47 Å². The molecule has 7 nitrogen and oxygen atoms in total. The summed E-state index contributed by atoms with van der Waals surface area (Å²) in [7, 11) is 1.58. The first-order valence-electron chi connectivity index (χ1n) is 8.25. The first-order valence-corrected chi connectivity index (χ1v) is 8.25. The van der Waals surface area contributed by atoms with Crippen molar-refractivity contribution in [2.24, 2.45) is 7.05 Å². The molecule has 1 aromatic carbocycles. The number of nitrogens with zero attached hydrogens (tertiary/aromatic N) is 2. The van der Waals surface area contributed by atoms with Crippen molar-refractivity contribution in [1.29, 1.82) is 0 Å². The number of aryl methyl sites for hydroxylation is 1. The number of carbonyl (C=O) groups excluding carboxylic acids is 1. The molecule has 2 aromatic rings. The number of aromatic amines is 1. The molecule has 1 saturated heterocycles. The van der Waals surface area contributed by atoms with Gasteiger partial charge in [0.2, 0.25) is 0 Å². The van der Waals surface area contributed by atoms with Crippen LogP contribution < -0.4 is 10.3 Å². The number of rotatable bonds is 4. The zero-order chi connectivity index (χ0) is 18.0. The molecule has 7 heteroatoms. The first kappa shape index (κ1) is 17.3. The largest absolute Gasteiger partial charge is 0.491 e. The summed E-state index contributed by atoms with van der Waals surface area (Å²) in [6, 6.07) is 10.8. The van der Waals surface area contributed by atoms with E-state index in [0.29, 0.717) is 19.7 Å². The number of amides is 1. The zero-order valence-corrected chi connectivity index (χ0v) is 14.7. The van der Waals surface area contributed by atoms with Gasteiger partial charge in [-0.1, -0.05) is 18.2 Å². The van der Waals surface area contributed by atoms with Crippen LogP contribution in [0.3, 0.4) is 0 Å². The number of benzene rings is 1. The molecule has 3 rings (SSSR count). The Balaban J connectivity index is 1.70. The lowest BCUT2D eigenvalue weighted by Gasteiger charge is -2.42. The fourth-order valence-corrected chi connectivity index (χ4v) is 3.01. The van der Waals surface area contributed by atoms with E-state index in [2.05, 4.69) is 5.10 Å². The Morgan fingerprint density at radius 1 is 1.36 bits per heavy atom. The van der Waals surface area contributed by atoms with Crippen LogP contribution >= 0.6 is 0 Å². The molecular weight excluding hydrogens is 322 g/mol. The zero-order valence-electron chi connectivity index (χ0n) is 14.7. The van der Waals surface area contributed by atoms with Crippen molar-refractivity contribution in [3.05, 3.63) is 52.4 Å². The van der Waals surface area contributed by atoms with Gasteiger partial charge in [0.15, 0.2) is 0 Å². The maximum absolute atomic E-state index is 12.7. The van der Waals surface area contributed by atoms with E-state index >= 15 is 0 Å². The minimum Gasteiger partial charge on any atom is -0.491 e. The number of morpholine rings is 1. The van der Waals surface area contributed by atoms with E-state index in [9.17, 15) is 9.59 Å². The Morgan fingerprint density at radius 3 is 2.72 bits per heavy atom. The highest BCUT2D eigenvalue weighted by Crippen LogP contribution is 2.23. The lowest BCUT2D eigenvalue weighted by molar-refractivity contribution is -0.136. The summed E-state index contributed by atoms with van der Waals surface area (Å²) >= 11 is 0. The molecule has 1 amide bonds. The highest BCUT2D eigenvalue weighted by Gasteiger charge is 2.36. The molecule has 1 N–H and O–H groups in total. The van der Waals surface area contributed by atoms with Crippen LogP contribution in [0.15, 0.2) is 41.2 Å². The van der Waals surface area contributed by atoms with Crippen molar-refractivity contribution in [3.8, 4) is 5.75 Å². The second kappa shape index (κ2) is 6.76. The van der Waals surface area contributed by atoms with E-state index in [1.54, 1.807) is 11.9 Å². The highest BCUT2D eigenvalue weighted by atomic mass is 16.5. The van der Waals surface area contributed by atoms with Crippen LogP contribution in [0.5, 0.6) is 5.75 Å². The second-order valence-electron chi connectivity index (χ2n) is 6.88. The van der Waals surface area contributed by atoms with Crippen molar-refractivity contribution in [3.63, 3.8) is 0 Å². The molecule has 0 aliphatic carbocycles. The molecule has 25 heavy (non-hydrogen) atoms. The number of ether oxygens (including phenoxy) is 2. The highest BCUT2D eigenvalue weighted by molar-refractivity contribution is 5.92. The van der Waals surface area contributed by atoms with Gasteiger partial charge < -0.3 is 14.4 Å². The monoisotopic (exact) mass is 345 g/mol. The molecule has 1 fully saturated rings. The summed E-state index contributed by atoms with van der Waals surface area (Å²) in [5.74, 6) is 0.554. The Morgan fingerprint density at radius 2 is 2.08 bits per heavy atom. The van der Waals surface area contributed by atoms with Crippen LogP contribution in [-0.2, 0) is 11.8 Å². The molecule has 0 bridgehead atoms. The number of H-pyrrole nitrogens is 1. The molecule has 0 spiro atoms. The molecule has 1 aliphatic heterocycles. The van der Waals surface area contributed by atoms with Gasteiger partial charge in [-0.3, -0.25) is 19.4 Å². The molecule has 134 valence electrons. The maximum Gasteiger partial charge on any atom is 0.272 e. The van der Waals surface area contributed by atoms with Crippen LogP contribution in [0.1, 0.15) is 24.3 Å². The SMILES string of the molecule is Cn1[nH]c(C(=O)N2C[C@H](COc3ccccc3)OC(C)(C)C2)cc1=O. The summed E-state index contributed by atoms with van der Waals surface area (Å²) in [6.07, 6.45) is -0.247. The van der Waals surface area contributed by atoms with Crippen LogP contribution in [0.4, 0.5) is 0 Å². The van der Waals surface area contributed by atoms with Gasteiger partial charge in [-0.25, -0.2) is 0 Å². The van der Waals surface area contributed by atoms with Gasteiger partial charge in [0.25, 0.3) is 11.5 Å². The Labute approximate surface area is 146 Å². The second-order valence-corrected chi connectivity index (χ2v) is 6.88. The predicted molar refractivity (Wildman–Crippen MR) is 92.8 cm³/mol. The van der Waals surface area contributed by atoms with Gasteiger partial charge in [0, 0.05) is 19.7 Å². The van der Waals surface area contributed by atoms with E-state index in [1.807, 2.05) is 44.2 Å². The molecule has 0 radical (unpaired) electrons. The van der Waals surface area contributed by atoms with Crippen LogP contribution in [-0.4, -0.2) is 52.0 Å². The number of hydrogen-bond acceptors (Lipinski definition) is 4. The number of nitrogens with one attached hydrogen (secondary N) is 1. The predicted octanol–water partition coefficient (Wildman–Crippen LogP) is 1.41.